The summed E-state index contributed by atoms with van der Waals surface area (Å²) < 4.78 is 15.1. The van der Waals surface area contributed by atoms with E-state index in [4.69, 9.17) is 0 Å². The van der Waals surface area contributed by atoms with Gasteiger partial charge in [0.25, 0.3) is 5.91 Å². The molecule has 0 fully saturated rings. The van der Waals surface area contributed by atoms with Crippen LogP contribution >= 0.6 is 31.9 Å². The molecule has 0 saturated heterocycles. The number of hydrogen-bond acceptors (Lipinski definition) is 1. The van der Waals surface area contributed by atoms with E-state index in [2.05, 4.69) is 37.2 Å². The molecule has 0 saturated carbocycles. The van der Waals surface area contributed by atoms with Crippen LogP contribution in [0.25, 0.3) is 0 Å². The minimum Gasteiger partial charge on any atom is -0.319 e. The zero-order valence-electron chi connectivity index (χ0n) is 10.0. The summed E-state index contributed by atoms with van der Waals surface area (Å²) in [5, 5.41) is 2.57. The molecular weight excluding hydrogens is 377 g/mol. The highest BCUT2D eigenvalue weighted by Crippen LogP contribution is 2.26. The highest BCUT2D eigenvalue weighted by molar-refractivity contribution is 9.10. The predicted molar refractivity (Wildman–Crippen MR) is 80.9 cm³/mol. The fourth-order valence-electron chi connectivity index (χ4n) is 1.59. The first-order chi connectivity index (χ1) is 8.99. The topological polar surface area (TPSA) is 29.1 Å². The summed E-state index contributed by atoms with van der Waals surface area (Å²) in [5.41, 5.74) is 1.57. The Kier molecular flexibility index (Phi) is 4.37. The lowest BCUT2D eigenvalue weighted by molar-refractivity contribution is 0.102. The molecule has 0 aliphatic rings. The number of aryl methyl sites for hydroxylation is 1. The Labute approximate surface area is 127 Å². The van der Waals surface area contributed by atoms with Crippen molar-refractivity contribution in [1.29, 1.82) is 0 Å². The van der Waals surface area contributed by atoms with Crippen LogP contribution in [0.3, 0.4) is 0 Å². The minimum absolute atomic E-state index is 0.146. The Bertz CT molecular complexity index is 623. The summed E-state index contributed by atoms with van der Waals surface area (Å²) in [4.78, 5) is 12.1. The lowest BCUT2D eigenvalue weighted by Gasteiger charge is -2.09. The van der Waals surface area contributed by atoms with Gasteiger partial charge < -0.3 is 5.32 Å². The van der Waals surface area contributed by atoms with Gasteiger partial charge in [-0.05, 0) is 58.7 Å². The van der Waals surface area contributed by atoms with Crippen molar-refractivity contribution < 1.29 is 9.18 Å². The van der Waals surface area contributed by atoms with E-state index in [1.54, 1.807) is 30.3 Å². The molecule has 0 aliphatic heterocycles. The van der Waals surface area contributed by atoms with Gasteiger partial charge in [0, 0.05) is 14.5 Å². The van der Waals surface area contributed by atoms with Gasteiger partial charge in [-0.25, -0.2) is 4.39 Å². The maximum Gasteiger partial charge on any atom is 0.255 e. The first-order valence-corrected chi connectivity index (χ1v) is 7.09. The van der Waals surface area contributed by atoms with E-state index in [0.717, 1.165) is 10.0 Å². The lowest BCUT2D eigenvalue weighted by atomic mass is 10.1. The summed E-state index contributed by atoms with van der Waals surface area (Å²) in [6, 6.07) is 9.76. The van der Waals surface area contributed by atoms with Crippen molar-refractivity contribution in [2.24, 2.45) is 0 Å². The number of carbonyl (C=O) groups excluding carboxylic acids is 1. The van der Waals surface area contributed by atoms with E-state index >= 15 is 0 Å². The second kappa shape index (κ2) is 5.84. The highest BCUT2D eigenvalue weighted by Gasteiger charge is 2.12. The lowest BCUT2D eigenvalue weighted by Crippen LogP contribution is -2.13. The number of halogens is 3. The molecule has 0 spiro atoms. The molecule has 0 aliphatic carbocycles. The van der Waals surface area contributed by atoms with E-state index in [9.17, 15) is 9.18 Å². The standard InChI is InChI=1S/C14H10Br2FNO/c1-8-7-9(5-6-10(8)15)14(19)18-13-11(16)3-2-4-12(13)17/h2-7H,1H3,(H,18,19). The smallest absolute Gasteiger partial charge is 0.255 e. The SMILES string of the molecule is Cc1cc(C(=O)Nc2c(F)cccc2Br)ccc1Br. The van der Waals surface area contributed by atoms with Gasteiger partial charge in [0.05, 0.1) is 5.69 Å². The first-order valence-electron chi connectivity index (χ1n) is 5.50. The van der Waals surface area contributed by atoms with Gasteiger partial charge in [-0.3, -0.25) is 4.79 Å². The van der Waals surface area contributed by atoms with E-state index in [1.807, 2.05) is 6.92 Å². The summed E-state index contributed by atoms with van der Waals surface area (Å²) in [7, 11) is 0. The highest BCUT2D eigenvalue weighted by atomic mass is 79.9. The van der Waals surface area contributed by atoms with Crippen LogP contribution in [0.1, 0.15) is 15.9 Å². The third-order valence-corrected chi connectivity index (χ3v) is 4.17. The van der Waals surface area contributed by atoms with Crippen LogP contribution in [0.4, 0.5) is 10.1 Å². The number of hydrogen-bond donors (Lipinski definition) is 1. The largest absolute Gasteiger partial charge is 0.319 e. The number of carbonyl (C=O) groups is 1. The molecule has 1 N–H and O–H groups in total. The molecule has 0 unspecified atom stereocenters. The number of nitrogens with one attached hydrogen (secondary N) is 1. The molecule has 19 heavy (non-hydrogen) atoms. The summed E-state index contributed by atoms with van der Waals surface area (Å²) >= 11 is 6.58. The summed E-state index contributed by atoms with van der Waals surface area (Å²) in [6.45, 7) is 1.89. The monoisotopic (exact) mass is 385 g/mol. The van der Waals surface area contributed by atoms with Gasteiger partial charge in [0.15, 0.2) is 0 Å². The normalized spacial score (nSPS) is 10.3. The van der Waals surface area contributed by atoms with Crippen LogP contribution < -0.4 is 5.32 Å². The van der Waals surface area contributed by atoms with Gasteiger partial charge in [-0.15, -0.1) is 0 Å². The van der Waals surface area contributed by atoms with Crippen LogP contribution in [-0.2, 0) is 0 Å². The molecule has 2 aromatic rings. The Morgan fingerprint density at radius 2 is 1.89 bits per heavy atom. The Hall–Kier alpha value is -1.20. The second-order valence-corrected chi connectivity index (χ2v) is 5.72. The van der Waals surface area contributed by atoms with Crippen molar-refractivity contribution in [2.75, 3.05) is 5.32 Å². The molecule has 98 valence electrons. The molecule has 1 amide bonds. The molecule has 0 atom stereocenters. The fourth-order valence-corrected chi connectivity index (χ4v) is 2.28. The molecule has 2 rings (SSSR count). The Balaban J connectivity index is 2.28. The van der Waals surface area contributed by atoms with Gasteiger partial charge in [-0.1, -0.05) is 22.0 Å². The molecule has 0 radical (unpaired) electrons. The molecule has 2 aromatic carbocycles. The summed E-state index contributed by atoms with van der Waals surface area (Å²) in [6.07, 6.45) is 0. The maximum atomic E-state index is 13.6. The van der Waals surface area contributed by atoms with Gasteiger partial charge in [-0.2, -0.15) is 0 Å². The third-order valence-electron chi connectivity index (χ3n) is 2.62. The Morgan fingerprint density at radius 1 is 1.16 bits per heavy atom. The minimum atomic E-state index is -0.475. The van der Waals surface area contributed by atoms with Crippen LogP contribution in [0.5, 0.6) is 0 Å². The van der Waals surface area contributed by atoms with Crippen molar-refractivity contribution in [3.63, 3.8) is 0 Å². The number of benzene rings is 2. The second-order valence-electron chi connectivity index (χ2n) is 4.01. The number of rotatable bonds is 2. The van der Waals surface area contributed by atoms with Crippen LogP contribution in [0.15, 0.2) is 45.3 Å². The molecule has 0 bridgehead atoms. The average Bonchev–Trinajstić information content (AvgIpc) is 2.37. The van der Waals surface area contributed by atoms with E-state index < -0.39 is 5.82 Å². The van der Waals surface area contributed by atoms with Crippen molar-refractivity contribution in [2.45, 2.75) is 6.92 Å². The molecular formula is C14H10Br2FNO. The molecule has 2 nitrogen and oxygen atoms in total. The van der Waals surface area contributed by atoms with E-state index in [-0.39, 0.29) is 11.6 Å². The molecule has 0 aromatic heterocycles. The van der Waals surface area contributed by atoms with Gasteiger partial charge in [0.1, 0.15) is 5.82 Å². The number of anilines is 1. The van der Waals surface area contributed by atoms with Crippen molar-refractivity contribution >= 4 is 43.5 Å². The average molecular weight is 387 g/mol. The fraction of sp³-hybridized carbons (Fsp3) is 0.0714. The molecule has 0 heterocycles. The van der Waals surface area contributed by atoms with Gasteiger partial charge in [0.2, 0.25) is 0 Å². The quantitative estimate of drug-likeness (QED) is 0.780. The zero-order chi connectivity index (χ0) is 14.0. The van der Waals surface area contributed by atoms with E-state index in [0.29, 0.717) is 10.0 Å². The third kappa shape index (κ3) is 3.22. The first kappa shape index (κ1) is 14.2. The van der Waals surface area contributed by atoms with Crippen LogP contribution in [0.2, 0.25) is 0 Å². The van der Waals surface area contributed by atoms with E-state index in [1.165, 1.54) is 6.07 Å². The maximum absolute atomic E-state index is 13.6. The molecule has 5 heteroatoms. The number of para-hydroxylation sites is 1. The van der Waals surface area contributed by atoms with Crippen LogP contribution in [0, 0.1) is 12.7 Å². The zero-order valence-corrected chi connectivity index (χ0v) is 13.2. The number of amides is 1. The van der Waals surface area contributed by atoms with Gasteiger partial charge >= 0.3 is 0 Å². The van der Waals surface area contributed by atoms with Crippen molar-refractivity contribution in [1.82, 2.24) is 0 Å². The summed E-state index contributed by atoms with van der Waals surface area (Å²) in [5.74, 6) is -0.821. The Morgan fingerprint density at radius 3 is 2.53 bits per heavy atom. The van der Waals surface area contributed by atoms with Crippen molar-refractivity contribution in [3.8, 4) is 0 Å². The van der Waals surface area contributed by atoms with Crippen molar-refractivity contribution in [3.05, 3.63) is 62.3 Å². The van der Waals surface area contributed by atoms with Crippen LogP contribution in [-0.4, -0.2) is 5.91 Å². The predicted octanol–water partition coefficient (Wildman–Crippen LogP) is 4.91.